The minimum atomic E-state index is -0.0481. The van der Waals surface area contributed by atoms with Gasteiger partial charge in [-0.05, 0) is 30.0 Å². The van der Waals surface area contributed by atoms with E-state index in [4.69, 9.17) is 19.9 Å². The highest BCUT2D eigenvalue weighted by Gasteiger charge is 2.30. The van der Waals surface area contributed by atoms with E-state index in [2.05, 4.69) is 9.97 Å². The number of ether oxygens (including phenoxy) is 3. The van der Waals surface area contributed by atoms with E-state index in [1.165, 1.54) is 6.33 Å². The molecule has 0 amide bonds. The summed E-state index contributed by atoms with van der Waals surface area (Å²) in [4.78, 5) is 20.6. The third kappa shape index (κ3) is 2.62. The fourth-order valence-corrected chi connectivity index (χ4v) is 3.10. The predicted molar refractivity (Wildman–Crippen MR) is 87.9 cm³/mol. The van der Waals surface area contributed by atoms with Crippen molar-refractivity contribution < 1.29 is 19.0 Å². The topological polar surface area (TPSA) is 96.6 Å². The van der Waals surface area contributed by atoms with E-state index in [-0.39, 0.29) is 17.5 Å². The minimum Gasteiger partial charge on any atom is -0.493 e. The Morgan fingerprint density at radius 1 is 1.04 bits per heavy atom. The van der Waals surface area contributed by atoms with Crippen LogP contribution < -0.4 is 19.9 Å². The van der Waals surface area contributed by atoms with Gasteiger partial charge in [0.2, 0.25) is 5.75 Å². The first-order chi connectivity index (χ1) is 11.6. The van der Waals surface area contributed by atoms with Gasteiger partial charge in [-0.1, -0.05) is 0 Å². The highest BCUT2D eigenvalue weighted by atomic mass is 16.5. The molecule has 1 aliphatic carbocycles. The van der Waals surface area contributed by atoms with Crippen LogP contribution in [0.1, 0.15) is 34.0 Å². The Morgan fingerprint density at radius 2 is 1.71 bits per heavy atom. The van der Waals surface area contributed by atoms with Crippen LogP contribution >= 0.6 is 0 Å². The standard InChI is InChI=1S/C17H19N3O4/c1-22-13-6-10(7-14(23-2)16(13)24-3)9-4-11-15(12(21)5-9)17(18)20-8-19-11/h6-9H,4-5H2,1-3H3,(H2,18,19,20)/t9-/m0/s1. The van der Waals surface area contributed by atoms with Crippen molar-refractivity contribution in [3.8, 4) is 17.2 Å². The van der Waals surface area contributed by atoms with E-state index in [1.54, 1.807) is 21.3 Å². The number of anilines is 1. The fourth-order valence-electron chi connectivity index (χ4n) is 3.10. The summed E-state index contributed by atoms with van der Waals surface area (Å²) in [6.45, 7) is 0. The highest BCUT2D eigenvalue weighted by molar-refractivity contribution is 6.02. The van der Waals surface area contributed by atoms with Gasteiger partial charge in [-0.25, -0.2) is 9.97 Å². The molecule has 24 heavy (non-hydrogen) atoms. The van der Waals surface area contributed by atoms with Gasteiger partial charge in [-0.15, -0.1) is 0 Å². The molecule has 1 aromatic carbocycles. The quantitative estimate of drug-likeness (QED) is 0.916. The van der Waals surface area contributed by atoms with Crippen LogP contribution in [0.3, 0.4) is 0 Å². The Bertz CT molecular complexity index is 766. The number of carbonyl (C=O) groups excluding carboxylic acids is 1. The zero-order valence-electron chi connectivity index (χ0n) is 13.8. The van der Waals surface area contributed by atoms with Crippen molar-refractivity contribution in [3.05, 3.63) is 35.3 Å². The number of nitrogens with two attached hydrogens (primary N) is 1. The molecule has 1 atom stereocenters. The number of nitrogens with zero attached hydrogens (tertiary/aromatic N) is 2. The zero-order valence-corrected chi connectivity index (χ0v) is 13.8. The third-order valence-corrected chi connectivity index (χ3v) is 4.26. The van der Waals surface area contributed by atoms with Crippen LogP contribution in [0.2, 0.25) is 0 Å². The summed E-state index contributed by atoms with van der Waals surface area (Å²) in [5.41, 5.74) is 7.87. The number of rotatable bonds is 4. The average molecular weight is 329 g/mol. The number of hydrogen-bond acceptors (Lipinski definition) is 7. The lowest BCUT2D eigenvalue weighted by Crippen LogP contribution is -2.22. The van der Waals surface area contributed by atoms with Crippen molar-refractivity contribution in [2.75, 3.05) is 27.1 Å². The van der Waals surface area contributed by atoms with Gasteiger partial charge in [0.1, 0.15) is 12.1 Å². The summed E-state index contributed by atoms with van der Waals surface area (Å²) >= 11 is 0. The number of carbonyl (C=O) groups is 1. The maximum atomic E-state index is 12.5. The van der Waals surface area contributed by atoms with Gasteiger partial charge < -0.3 is 19.9 Å². The smallest absolute Gasteiger partial charge is 0.203 e. The molecule has 0 aliphatic heterocycles. The van der Waals surface area contributed by atoms with E-state index in [0.717, 1.165) is 5.56 Å². The molecule has 2 aromatic rings. The SMILES string of the molecule is COc1cc([C@@H]2CC(=O)c3c(N)ncnc3C2)cc(OC)c1OC. The van der Waals surface area contributed by atoms with Gasteiger partial charge >= 0.3 is 0 Å². The van der Waals surface area contributed by atoms with Crippen LogP contribution in [0, 0.1) is 0 Å². The fraction of sp³-hybridized carbons (Fsp3) is 0.353. The van der Waals surface area contributed by atoms with Crippen LogP contribution in [0.5, 0.6) is 17.2 Å². The van der Waals surface area contributed by atoms with Crippen molar-refractivity contribution in [2.24, 2.45) is 0 Å². The number of fused-ring (bicyclic) bond motifs is 1. The molecule has 3 rings (SSSR count). The summed E-state index contributed by atoms with van der Waals surface area (Å²) < 4.78 is 16.1. The third-order valence-electron chi connectivity index (χ3n) is 4.26. The number of benzene rings is 1. The van der Waals surface area contributed by atoms with Crippen LogP contribution in [-0.4, -0.2) is 37.1 Å². The molecule has 1 heterocycles. The van der Waals surface area contributed by atoms with Crippen molar-refractivity contribution in [1.29, 1.82) is 0 Å². The van der Waals surface area contributed by atoms with Crippen LogP contribution in [0.15, 0.2) is 18.5 Å². The number of methoxy groups -OCH3 is 3. The zero-order chi connectivity index (χ0) is 17.3. The molecule has 0 unspecified atom stereocenters. The van der Waals surface area contributed by atoms with Crippen molar-refractivity contribution >= 4 is 11.6 Å². The molecular weight excluding hydrogens is 310 g/mol. The number of aromatic nitrogens is 2. The van der Waals surface area contributed by atoms with Gasteiger partial charge in [-0.2, -0.15) is 0 Å². The lowest BCUT2D eigenvalue weighted by Gasteiger charge is -2.25. The Hall–Kier alpha value is -2.83. The van der Waals surface area contributed by atoms with E-state index >= 15 is 0 Å². The Kier molecular flexibility index (Phi) is 4.24. The molecule has 7 nitrogen and oxygen atoms in total. The molecule has 0 radical (unpaired) electrons. The highest BCUT2D eigenvalue weighted by Crippen LogP contribution is 2.42. The second-order valence-corrected chi connectivity index (χ2v) is 5.57. The summed E-state index contributed by atoms with van der Waals surface area (Å²) in [6.07, 6.45) is 2.33. The maximum Gasteiger partial charge on any atom is 0.203 e. The summed E-state index contributed by atoms with van der Waals surface area (Å²) in [5, 5.41) is 0. The van der Waals surface area contributed by atoms with Gasteiger partial charge in [0.15, 0.2) is 17.3 Å². The molecule has 0 fully saturated rings. The number of nitrogen functional groups attached to an aromatic ring is 1. The normalized spacial score (nSPS) is 16.5. The number of ketones is 1. The molecule has 0 bridgehead atoms. The van der Waals surface area contributed by atoms with Gasteiger partial charge in [0, 0.05) is 6.42 Å². The van der Waals surface area contributed by atoms with E-state index in [9.17, 15) is 4.79 Å². The Labute approximate surface area is 139 Å². The maximum absolute atomic E-state index is 12.5. The lowest BCUT2D eigenvalue weighted by molar-refractivity contribution is 0.0963. The van der Waals surface area contributed by atoms with E-state index < -0.39 is 0 Å². The second kappa shape index (κ2) is 6.35. The van der Waals surface area contributed by atoms with Gasteiger partial charge in [-0.3, -0.25) is 4.79 Å². The molecule has 0 saturated heterocycles. The lowest BCUT2D eigenvalue weighted by atomic mass is 9.81. The second-order valence-electron chi connectivity index (χ2n) is 5.57. The first-order valence-electron chi connectivity index (χ1n) is 7.51. The Balaban J connectivity index is 2.03. The first kappa shape index (κ1) is 16.0. The van der Waals surface area contributed by atoms with Gasteiger partial charge in [0.25, 0.3) is 0 Å². The van der Waals surface area contributed by atoms with Crippen LogP contribution in [0.4, 0.5) is 5.82 Å². The van der Waals surface area contributed by atoms with Crippen molar-refractivity contribution in [3.63, 3.8) is 0 Å². The summed E-state index contributed by atoms with van der Waals surface area (Å²) in [5.74, 6) is 1.81. The van der Waals surface area contributed by atoms with Crippen molar-refractivity contribution in [2.45, 2.75) is 18.8 Å². The molecule has 0 spiro atoms. The summed E-state index contributed by atoms with van der Waals surface area (Å²) in [7, 11) is 4.69. The molecule has 7 heteroatoms. The molecule has 0 saturated carbocycles. The van der Waals surface area contributed by atoms with Gasteiger partial charge in [0.05, 0.1) is 32.6 Å². The molecule has 1 aromatic heterocycles. The van der Waals surface area contributed by atoms with E-state index in [0.29, 0.717) is 41.3 Å². The monoisotopic (exact) mass is 329 g/mol. The molecule has 1 aliphatic rings. The van der Waals surface area contributed by atoms with Crippen molar-refractivity contribution in [1.82, 2.24) is 9.97 Å². The number of hydrogen-bond donors (Lipinski definition) is 1. The average Bonchev–Trinajstić information content (AvgIpc) is 2.60. The molecule has 126 valence electrons. The number of Topliss-reactive ketones (excluding diaryl/α,β-unsaturated/α-hetero) is 1. The predicted octanol–water partition coefficient (Wildman–Crippen LogP) is 2.00. The molecule has 2 N–H and O–H groups in total. The van der Waals surface area contributed by atoms with Crippen LogP contribution in [-0.2, 0) is 6.42 Å². The molecular formula is C17H19N3O4. The Morgan fingerprint density at radius 3 is 2.29 bits per heavy atom. The first-order valence-corrected chi connectivity index (χ1v) is 7.51. The minimum absolute atomic E-state index is 0.0343. The van der Waals surface area contributed by atoms with Crippen LogP contribution in [0.25, 0.3) is 0 Å². The largest absolute Gasteiger partial charge is 0.493 e. The van der Waals surface area contributed by atoms with E-state index in [1.807, 2.05) is 12.1 Å². The summed E-state index contributed by atoms with van der Waals surface area (Å²) in [6, 6.07) is 3.74.